The molecule has 0 saturated carbocycles. The maximum absolute atomic E-state index is 6.16. The predicted molar refractivity (Wildman–Crippen MR) is 73.6 cm³/mol. The molecule has 2 rings (SSSR count). The number of hydrogen-bond acceptors (Lipinski definition) is 2. The lowest BCUT2D eigenvalue weighted by atomic mass is 10.0. The normalized spacial score (nSPS) is 11.1. The Bertz CT molecular complexity index is 549. The van der Waals surface area contributed by atoms with Crippen molar-refractivity contribution in [2.24, 2.45) is 5.73 Å². The van der Waals surface area contributed by atoms with Crippen LogP contribution in [0.1, 0.15) is 23.2 Å². The zero-order valence-corrected chi connectivity index (χ0v) is 11.0. The van der Waals surface area contributed by atoms with Gasteiger partial charge in [-0.15, -0.1) is 0 Å². The number of pyridine rings is 1. The second-order valence-electron chi connectivity index (χ2n) is 4.43. The largest absolute Gasteiger partial charge is 0.330 e. The molecule has 0 radical (unpaired) electrons. The molecule has 90 valence electrons. The van der Waals surface area contributed by atoms with Gasteiger partial charge in [-0.25, -0.2) is 0 Å². The third-order valence-electron chi connectivity index (χ3n) is 2.94. The van der Waals surface area contributed by atoms with E-state index in [-0.39, 0.29) is 0 Å². The van der Waals surface area contributed by atoms with Crippen LogP contribution in [0.4, 0.5) is 0 Å². The Labute approximate surface area is 107 Å². The number of hydrogen-bond donors (Lipinski definition) is 1. The van der Waals surface area contributed by atoms with E-state index in [1.54, 1.807) is 0 Å². The molecule has 0 atom stereocenters. The van der Waals surface area contributed by atoms with Gasteiger partial charge in [0.2, 0.25) is 0 Å². The summed E-state index contributed by atoms with van der Waals surface area (Å²) in [5.41, 5.74) is 10.1. The number of halogens is 1. The first-order valence-corrected chi connectivity index (χ1v) is 6.26. The Balaban J connectivity index is 2.64. The lowest BCUT2D eigenvalue weighted by molar-refractivity contribution is 0.835. The summed E-state index contributed by atoms with van der Waals surface area (Å²) >= 11 is 6.16. The summed E-state index contributed by atoms with van der Waals surface area (Å²) in [4.78, 5) is 4.63. The van der Waals surface area contributed by atoms with E-state index in [4.69, 9.17) is 17.3 Å². The molecular formula is C14H17ClN2. The molecule has 1 heterocycles. The van der Waals surface area contributed by atoms with Crippen LogP contribution in [-0.4, -0.2) is 11.5 Å². The molecule has 0 amide bonds. The molecule has 0 bridgehead atoms. The molecule has 0 aliphatic heterocycles. The average molecular weight is 249 g/mol. The van der Waals surface area contributed by atoms with E-state index in [0.717, 1.165) is 34.5 Å². The van der Waals surface area contributed by atoms with Gasteiger partial charge in [0.1, 0.15) is 0 Å². The highest BCUT2D eigenvalue weighted by Crippen LogP contribution is 2.26. The van der Waals surface area contributed by atoms with Gasteiger partial charge in [0.05, 0.1) is 5.52 Å². The minimum Gasteiger partial charge on any atom is -0.330 e. The summed E-state index contributed by atoms with van der Waals surface area (Å²) in [5.74, 6) is 0. The smallest absolute Gasteiger partial charge is 0.0740 e. The molecule has 3 heteroatoms. The van der Waals surface area contributed by atoms with E-state index in [2.05, 4.69) is 18.0 Å². The fourth-order valence-corrected chi connectivity index (χ4v) is 2.41. The molecule has 0 saturated heterocycles. The molecule has 2 aromatic rings. The van der Waals surface area contributed by atoms with Crippen molar-refractivity contribution in [3.63, 3.8) is 0 Å². The van der Waals surface area contributed by atoms with Crippen LogP contribution in [-0.2, 0) is 6.42 Å². The number of aromatic nitrogens is 1. The molecule has 2 N–H and O–H groups in total. The van der Waals surface area contributed by atoms with E-state index >= 15 is 0 Å². The molecule has 0 aliphatic carbocycles. The lowest BCUT2D eigenvalue weighted by Crippen LogP contribution is -2.01. The average Bonchev–Trinajstić information content (AvgIpc) is 2.27. The van der Waals surface area contributed by atoms with Crippen LogP contribution in [0.25, 0.3) is 10.9 Å². The highest BCUT2D eigenvalue weighted by Gasteiger charge is 2.07. The number of nitrogens with zero attached hydrogens (tertiary/aromatic N) is 1. The van der Waals surface area contributed by atoms with Crippen LogP contribution in [0.5, 0.6) is 0 Å². The Hall–Kier alpha value is -1.12. The number of nitrogens with two attached hydrogens (primary N) is 1. The molecular weight excluding hydrogens is 232 g/mol. The van der Waals surface area contributed by atoms with Crippen molar-refractivity contribution < 1.29 is 0 Å². The number of rotatable bonds is 3. The van der Waals surface area contributed by atoms with Gasteiger partial charge in [-0.2, -0.15) is 0 Å². The Morgan fingerprint density at radius 3 is 2.71 bits per heavy atom. The number of benzene rings is 1. The zero-order chi connectivity index (χ0) is 12.4. The highest BCUT2D eigenvalue weighted by molar-refractivity contribution is 6.31. The first-order chi connectivity index (χ1) is 8.11. The molecule has 17 heavy (non-hydrogen) atoms. The van der Waals surface area contributed by atoms with Crippen molar-refractivity contribution in [3.8, 4) is 0 Å². The van der Waals surface area contributed by atoms with Gasteiger partial charge in [0.25, 0.3) is 0 Å². The van der Waals surface area contributed by atoms with Crippen LogP contribution < -0.4 is 5.73 Å². The molecule has 0 spiro atoms. The van der Waals surface area contributed by atoms with Crippen molar-refractivity contribution in [2.45, 2.75) is 26.7 Å². The van der Waals surface area contributed by atoms with Crippen molar-refractivity contribution in [2.75, 3.05) is 6.54 Å². The zero-order valence-electron chi connectivity index (χ0n) is 10.3. The van der Waals surface area contributed by atoms with E-state index < -0.39 is 0 Å². The van der Waals surface area contributed by atoms with Gasteiger partial charge in [-0.3, -0.25) is 4.98 Å². The Kier molecular flexibility index (Phi) is 3.65. The summed E-state index contributed by atoms with van der Waals surface area (Å²) in [6.45, 7) is 4.81. The minimum atomic E-state index is 0.693. The first kappa shape index (κ1) is 12.3. The quantitative estimate of drug-likeness (QED) is 0.904. The van der Waals surface area contributed by atoms with Gasteiger partial charge in [0.15, 0.2) is 0 Å². The number of fused-ring (bicyclic) bond motifs is 1. The molecule has 1 aromatic carbocycles. The van der Waals surface area contributed by atoms with Gasteiger partial charge in [-0.05, 0) is 62.6 Å². The van der Waals surface area contributed by atoms with Crippen LogP contribution in [0.15, 0.2) is 18.2 Å². The van der Waals surface area contributed by atoms with E-state index in [1.165, 1.54) is 11.1 Å². The summed E-state index contributed by atoms with van der Waals surface area (Å²) in [5, 5.41) is 1.92. The summed E-state index contributed by atoms with van der Waals surface area (Å²) in [6, 6.07) is 6.08. The first-order valence-electron chi connectivity index (χ1n) is 5.88. The lowest BCUT2D eigenvalue weighted by Gasteiger charge is -2.09. The van der Waals surface area contributed by atoms with Gasteiger partial charge in [-0.1, -0.05) is 11.6 Å². The maximum atomic E-state index is 6.16. The third kappa shape index (κ3) is 2.59. The van der Waals surface area contributed by atoms with Crippen LogP contribution in [0, 0.1) is 13.8 Å². The van der Waals surface area contributed by atoms with Gasteiger partial charge < -0.3 is 5.73 Å². The van der Waals surface area contributed by atoms with E-state index in [9.17, 15) is 0 Å². The highest BCUT2D eigenvalue weighted by atomic mass is 35.5. The monoisotopic (exact) mass is 248 g/mol. The predicted octanol–water partition coefficient (Wildman–Crippen LogP) is 3.40. The third-order valence-corrected chi connectivity index (χ3v) is 3.16. The van der Waals surface area contributed by atoms with Gasteiger partial charge in [0, 0.05) is 16.1 Å². The second kappa shape index (κ2) is 5.03. The van der Waals surface area contributed by atoms with Gasteiger partial charge >= 0.3 is 0 Å². The van der Waals surface area contributed by atoms with Crippen molar-refractivity contribution in [1.82, 2.24) is 4.98 Å². The van der Waals surface area contributed by atoms with Crippen LogP contribution in [0.2, 0.25) is 5.02 Å². The summed E-state index contributed by atoms with van der Waals surface area (Å²) < 4.78 is 0. The fraction of sp³-hybridized carbons (Fsp3) is 0.357. The standard InChI is InChI=1S/C14H17ClN2/c1-9-6-10(2)17-14-11(4-3-5-16)7-12(15)8-13(9)14/h6-8H,3-5,16H2,1-2H3. The van der Waals surface area contributed by atoms with Crippen molar-refractivity contribution >= 4 is 22.5 Å². The number of aryl methyl sites for hydroxylation is 3. The maximum Gasteiger partial charge on any atom is 0.0740 e. The molecule has 0 unspecified atom stereocenters. The van der Waals surface area contributed by atoms with Crippen LogP contribution >= 0.6 is 11.6 Å². The Morgan fingerprint density at radius 1 is 1.24 bits per heavy atom. The SMILES string of the molecule is Cc1cc(C)c2cc(Cl)cc(CCCN)c2n1. The van der Waals surface area contributed by atoms with E-state index in [0.29, 0.717) is 6.54 Å². The molecule has 1 aromatic heterocycles. The van der Waals surface area contributed by atoms with Crippen molar-refractivity contribution in [3.05, 3.63) is 40.0 Å². The van der Waals surface area contributed by atoms with Crippen molar-refractivity contribution in [1.29, 1.82) is 0 Å². The summed E-state index contributed by atoms with van der Waals surface area (Å²) in [6.07, 6.45) is 1.90. The minimum absolute atomic E-state index is 0.693. The molecule has 0 aliphatic rings. The molecule has 2 nitrogen and oxygen atoms in total. The molecule has 0 fully saturated rings. The van der Waals surface area contributed by atoms with Crippen LogP contribution in [0.3, 0.4) is 0 Å². The topological polar surface area (TPSA) is 38.9 Å². The fourth-order valence-electron chi connectivity index (χ4n) is 2.17. The van der Waals surface area contributed by atoms with E-state index in [1.807, 2.05) is 19.1 Å². The Morgan fingerprint density at radius 2 is 2.00 bits per heavy atom. The second-order valence-corrected chi connectivity index (χ2v) is 4.87. The summed E-state index contributed by atoms with van der Waals surface area (Å²) in [7, 11) is 0.